The largest absolute Gasteiger partial charge is 0.495 e. The molecule has 3 heterocycles. The van der Waals surface area contributed by atoms with Gasteiger partial charge in [0.25, 0.3) is 5.91 Å². The number of benzene rings is 1. The van der Waals surface area contributed by atoms with Crippen LogP contribution in [0.2, 0.25) is 0 Å². The van der Waals surface area contributed by atoms with Crippen molar-refractivity contribution in [2.75, 3.05) is 51.8 Å². The highest BCUT2D eigenvalue weighted by Crippen LogP contribution is 2.31. The summed E-state index contributed by atoms with van der Waals surface area (Å²) < 4.78 is 5.41. The summed E-state index contributed by atoms with van der Waals surface area (Å²) >= 11 is 0. The van der Waals surface area contributed by atoms with Crippen LogP contribution in [0.3, 0.4) is 0 Å². The van der Waals surface area contributed by atoms with Gasteiger partial charge in [-0.05, 0) is 64.0 Å². The van der Waals surface area contributed by atoms with Gasteiger partial charge in [0.05, 0.1) is 12.8 Å². The van der Waals surface area contributed by atoms with Gasteiger partial charge in [-0.3, -0.25) is 19.8 Å². The second-order valence-electron chi connectivity index (χ2n) is 8.81. The van der Waals surface area contributed by atoms with Gasteiger partial charge in [-0.1, -0.05) is 0 Å². The Morgan fingerprint density at radius 1 is 1.06 bits per heavy atom. The quantitative estimate of drug-likeness (QED) is 0.715. The van der Waals surface area contributed by atoms with E-state index in [0.29, 0.717) is 29.1 Å². The summed E-state index contributed by atoms with van der Waals surface area (Å²) in [5, 5.41) is 5.74. The first-order chi connectivity index (χ1) is 15.5. The summed E-state index contributed by atoms with van der Waals surface area (Å²) in [6.07, 6.45) is 4.50. The Hall–Kier alpha value is -2.65. The van der Waals surface area contributed by atoms with Gasteiger partial charge in [0.2, 0.25) is 5.91 Å². The number of rotatable bonds is 5. The lowest BCUT2D eigenvalue weighted by atomic mass is 9.97. The number of imide groups is 1. The third kappa shape index (κ3) is 4.73. The number of carbonyl (C=O) groups is 3. The van der Waals surface area contributed by atoms with Crippen molar-refractivity contribution < 1.29 is 19.1 Å². The molecule has 0 spiro atoms. The number of likely N-dealkylation sites (tertiary alicyclic amines) is 1. The molecular formula is C23H33N5O4. The van der Waals surface area contributed by atoms with Crippen LogP contribution >= 0.6 is 0 Å². The lowest BCUT2D eigenvalue weighted by Gasteiger charge is -2.41. The Labute approximate surface area is 189 Å². The van der Waals surface area contributed by atoms with Crippen molar-refractivity contribution in [1.29, 1.82) is 0 Å². The zero-order valence-corrected chi connectivity index (χ0v) is 18.9. The number of piperidine rings is 2. The molecule has 2 N–H and O–H groups in total. The molecule has 4 amide bonds. The summed E-state index contributed by atoms with van der Waals surface area (Å²) in [5.74, 6) is 0.161. The summed E-state index contributed by atoms with van der Waals surface area (Å²) in [6, 6.07) is 5.78. The van der Waals surface area contributed by atoms with E-state index in [9.17, 15) is 14.4 Å². The van der Waals surface area contributed by atoms with Crippen molar-refractivity contribution in [1.82, 2.24) is 20.4 Å². The van der Waals surface area contributed by atoms with Crippen LogP contribution in [0.1, 0.15) is 42.5 Å². The molecule has 0 aliphatic carbocycles. The Morgan fingerprint density at radius 3 is 2.41 bits per heavy atom. The van der Waals surface area contributed by atoms with E-state index in [1.165, 1.54) is 24.9 Å². The molecule has 0 aromatic heterocycles. The van der Waals surface area contributed by atoms with Crippen LogP contribution in [-0.2, 0) is 4.79 Å². The molecule has 1 aromatic rings. The van der Waals surface area contributed by atoms with Crippen LogP contribution in [0.25, 0.3) is 0 Å². The number of methoxy groups -OCH3 is 1. The number of hydrogen-bond acceptors (Lipinski definition) is 6. The molecule has 0 radical (unpaired) electrons. The Balaban J connectivity index is 1.42. The lowest BCUT2D eigenvalue weighted by Crippen LogP contribution is -2.51. The van der Waals surface area contributed by atoms with Crippen LogP contribution in [0.15, 0.2) is 18.2 Å². The first-order valence-corrected chi connectivity index (χ1v) is 11.5. The molecule has 3 saturated heterocycles. The van der Waals surface area contributed by atoms with Crippen molar-refractivity contribution >= 4 is 23.5 Å². The number of carbonyl (C=O) groups excluding carboxylic acids is 3. The van der Waals surface area contributed by atoms with Gasteiger partial charge in [-0.25, -0.2) is 4.79 Å². The van der Waals surface area contributed by atoms with Crippen molar-refractivity contribution in [3.63, 3.8) is 0 Å². The minimum atomic E-state index is -0.495. The van der Waals surface area contributed by atoms with E-state index >= 15 is 0 Å². The fraction of sp³-hybridized carbons (Fsp3) is 0.609. The number of nitrogens with zero attached hydrogens (tertiary/aromatic N) is 3. The molecule has 0 saturated carbocycles. The van der Waals surface area contributed by atoms with Gasteiger partial charge in [0.15, 0.2) is 0 Å². The lowest BCUT2D eigenvalue weighted by molar-refractivity contribution is -0.120. The third-order valence-corrected chi connectivity index (χ3v) is 6.98. The standard InChI is InChI=1S/C23H33N5O4/c1-26(17-5-10-24-11-6-17)18-7-12-27(13-8-18)22(30)16-3-4-20(32-2)19(15-16)28-14-9-21(29)25-23(28)31/h3-4,15,17-18,24H,5-14H2,1-2H3,(H,25,29,31). The summed E-state index contributed by atoms with van der Waals surface area (Å²) in [6.45, 7) is 3.86. The van der Waals surface area contributed by atoms with Gasteiger partial charge < -0.3 is 19.9 Å². The molecule has 1 aromatic carbocycles. The van der Waals surface area contributed by atoms with E-state index < -0.39 is 6.03 Å². The number of nitrogens with one attached hydrogen (secondary N) is 2. The predicted octanol–water partition coefficient (Wildman–Crippen LogP) is 1.43. The summed E-state index contributed by atoms with van der Waals surface area (Å²) in [4.78, 5) is 42.9. The molecule has 4 rings (SSSR count). The second-order valence-corrected chi connectivity index (χ2v) is 8.81. The SMILES string of the molecule is COc1ccc(C(=O)N2CCC(N(C)C3CCNCC3)CC2)cc1N1CCC(=O)NC1=O. The number of hydrogen-bond donors (Lipinski definition) is 2. The highest BCUT2D eigenvalue weighted by Gasteiger charge is 2.31. The average Bonchev–Trinajstić information content (AvgIpc) is 2.83. The molecular weight excluding hydrogens is 410 g/mol. The first-order valence-electron chi connectivity index (χ1n) is 11.5. The van der Waals surface area contributed by atoms with Gasteiger partial charge in [-0.2, -0.15) is 0 Å². The van der Waals surface area contributed by atoms with Gasteiger partial charge >= 0.3 is 6.03 Å². The number of amides is 4. The minimum absolute atomic E-state index is 0.0367. The summed E-state index contributed by atoms with van der Waals surface area (Å²) in [5.41, 5.74) is 1.03. The molecule has 3 aliphatic rings. The zero-order chi connectivity index (χ0) is 22.7. The molecule has 0 unspecified atom stereocenters. The number of anilines is 1. The van der Waals surface area contributed by atoms with E-state index in [1.807, 2.05) is 4.90 Å². The third-order valence-electron chi connectivity index (χ3n) is 6.98. The minimum Gasteiger partial charge on any atom is -0.495 e. The maximum absolute atomic E-state index is 13.2. The molecule has 3 aliphatic heterocycles. The molecule has 9 heteroatoms. The van der Waals surface area contributed by atoms with E-state index in [0.717, 1.165) is 39.0 Å². The molecule has 174 valence electrons. The van der Waals surface area contributed by atoms with Crippen molar-refractivity contribution in [3.05, 3.63) is 23.8 Å². The zero-order valence-electron chi connectivity index (χ0n) is 18.9. The Kier molecular flexibility index (Phi) is 6.95. The molecule has 32 heavy (non-hydrogen) atoms. The maximum Gasteiger partial charge on any atom is 0.328 e. The average molecular weight is 444 g/mol. The van der Waals surface area contributed by atoms with E-state index in [1.54, 1.807) is 18.2 Å². The van der Waals surface area contributed by atoms with Crippen LogP contribution in [0.4, 0.5) is 10.5 Å². The number of ether oxygens (including phenoxy) is 1. The highest BCUT2D eigenvalue weighted by molar-refractivity contribution is 6.07. The number of urea groups is 1. The van der Waals surface area contributed by atoms with E-state index in [2.05, 4.69) is 22.6 Å². The smallest absolute Gasteiger partial charge is 0.328 e. The van der Waals surface area contributed by atoms with E-state index in [-0.39, 0.29) is 24.8 Å². The summed E-state index contributed by atoms with van der Waals surface area (Å²) in [7, 11) is 3.75. The van der Waals surface area contributed by atoms with Crippen LogP contribution < -0.4 is 20.3 Å². The first kappa shape index (κ1) is 22.5. The van der Waals surface area contributed by atoms with Crippen LogP contribution in [0, 0.1) is 0 Å². The second kappa shape index (κ2) is 9.87. The van der Waals surface area contributed by atoms with Crippen LogP contribution in [0.5, 0.6) is 5.75 Å². The van der Waals surface area contributed by atoms with Crippen molar-refractivity contribution in [2.24, 2.45) is 0 Å². The van der Waals surface area contributed by atoms with Gasteiger partial charge in [0.1, 0.15) is 5.75 Å². The Bertz CT molecular complexity index is 862. The fourth-order valence-corrected chi connectivity index (χ4v) is 5.00. The van der Waals surface area contributed by atoms with Gasteiger partial charge in [-0.15, -0.1) is 0 Å². The predicted molar refractivity (Wildman–Crippen MR) is 121 cm³/mol. The van der Waals surface area contributed by atoms with Crippen molar-refractivity contribution in [2.45, 2.75) is 44.2 Å². The molecule has 3 fully saturated rings. The molecule has 0 atom stereocenters. The van der Waals surface area contributed by atoms with Crippen molar-refractivity contribution in [3.8, 4) is 5.75 Å². The Morgan fingerprint density at radius 2 is 1.75 bits per heavy atom. The monoisotopic (exact) mass is 443 g/mol. The molecule has 9 nitrogen and oxygen atoms in total. The fourth-order valence-electron chi connectivity index (χ4n) is 5.00. The molecule has 0 bridgehead atoms. The topological polar surface area (TPSA) is 94.2 Å². The highest BCUT2D eigenvalue weighted by atomic mass is 16.5. The maximum atomic E-state index is 13.2. The van der Waals surface area contributed by atoms with Gasteiger partial charge in [0, 0.05) is 43.7 Å². The van der Waals surface area contributed by atoms with E-state index in [4.69, 9.17) is 4.74 Å². The normalized spacial score (nSPS) is 21.1. The van der Waals surface area contributed by atoms with Crippen LogP contribution in [-0.4, -0.2) is 86.6 Å².